The first-order valence-electron chi connectivity index (χ1n) is 5.71. The van der Waals surface area contributed by atoms with Crippen molar-refractivity contribution >= 4 is 18.3 Å². The fourth-order valence-electron chi connectivity index (χ4n) is 1.87. The molecular formula is C12H18ClN3O2. The number of halogens is 1. The lowest BCUT2D eigenvalue weighted by molar-refractivity contribution is 0.0957. The van der Waals surface area contributed by atoms with Gasteiger partial charge in [-0.05, 0) is 25.6 Å². The monoisotopic (exact) mass is 271 g/mol. The molecule has 1 aliphatic heterocycles. The Morgan fingerprint density at radius 3 is 2.83 bits per heavy atom. The minimum absolute atomic E-state index is 0. The summed E-state index contributed by atoms with van der Waals surface area (Å²) in [4.78, 5) is 15.4. The maximum absolute atomic E-state index is 11.3. The van der Waals surface area contributed by atoms with E-state index in [1.54, 1.807) is 25.4 Å². The lowest BCUT2D eigenvalue weighted by Gasteiger charge is -2.24. The maximum atomic E-state index is 11.3. The van der Waals surface area contributed by atoms with E-state index < -0.39 is 0 Å². The van der Waals surface area contributed by atoms with Gasteiger partial charge in [-0.15, -0.1) is 12.4 Å². The molecule has 0 bridgehead atoms. The van der Waals surface area contributed by atoms with Crippen LogP contribution in [-0.2, 0) is 0 Å². The van der Waals surface area contributed by atoms with E-state index in [1.165, 1.54) is 0 Å². The molecule has 1 atom stereocenters. The van der Waals surface area contributed by atoms with Gasteiger partial charge in [-0.2, -0.15) is 0 Å². The average molecular weight is 272 g/mol. The quantitative estimate of drug-likeness (QED) is 0.861. The van der Waals surface area contributed by atoms with Gasteiger partial charge in [0, 0.05) is 20.0 Å². The molecule has 2 N–H and O–H groups in total. The first kappa shape index (κ1) is 14.7. The molecule has 1 aromatic heterocycles. The van der Waals surface area contributed by atoms with E-state index in [0.717, 1.165) is 19.5 Å². The molecule has 0 unspecified atom stereocenters. The van der Waals surface area contributed by atoms with Crippen LogP contribution in [-0.4, -0.2) is 36.6 Å². The Morgan fingerprint density at radius 2 is 2.33 bits per heavy atom. The Labute approximate surface area is 113 Å². The summed E-state index contributed by atoms with van der Waals surface area (Å²) in [5.41, 5.74) is 0.227. The summed E-state index contributed by atoms with van der Waals surface area (Å²) < 4.78 is 5.87. The highest BCUT2D eigenvalue weighted by Crippen LogP contribution is 2.22. The van der Waals surface area contributed by atoms with E-state index >= 15 is 0 Å². The van der Waals surface area contributed by atoms with Crippen molar-refractivity contribution in [2.75, 3.05) is 20.1 Å². The van der Waals surface area contributed by atoms with Gasteiger partial charge in [0.25, 0.3) is 5.91 Å². The summed E-state index contributed by atoms with van der Waals surface area (Å²) >= 11 is 0. The lowest BCUT2D eigenvalue weighted by Crippen LogP contribution is -2.34. The predicted octanol–water partition coefficient (Wildman–Crippen LogP) is 0.994. The lowest BCUT2D eigenvalue weighted by atomic mass is 10.1. The standard InChI is InChI=1S/C12H17N3O2.ClH/c1-12(5-6-14-8-12)17-9-3-4-10(15-7-9)11(16)13-2;/h3-4,7,14H,5-6,8H2,1-2H3,(H,13,16);1H/t12-;/m1./s1. The molecule has 0 spiro atoms. The Balaban J connectivity index is 0.00000162. The number of rotatable bonds is 3. The molecule has 100 valence electrons. The van der Waals surface area contributed by atoms with Crippen molar-refractivity contribution in [1.29, 1.82) is 0 Å². The van der Waals surface area contributed by atoms with Crippen LogP contribution >= 0.6 is 12.4 Å². The second-order valence-corrected chi connectivity index (χ2v) is 4.44. The number of nitrogens with one attached hydrogen (secondary N) is 2. The van der Waals surface area contributed by atoms with Gasteiger partial charge in [-0.1, -0.05) is 0 Å². The number of hydrogen-bond donors (Lipinski definition) is 2. The summed E-state index contributed by atoms with van der Waals surface area (Å²) in [6.45, 7) is 3.88. The van der Waals surface area contributed by atoms with Gasteiger partial charge in [0.1, 0.15) is 17.0 Å². The molecule has 18 heavy (non-hydrogen) atoms. The number of hydrogen-bond acceptors (Lipinski definition) is 4. The highest BCUT2D eigenvalue weighted by molar-refractivity contribution is 5.91. The Hall–Kier alpha value is -1.33. The molecular weight excluding hydrogens is 254 g/mol. The van der Waals surface area contributed by atoms with Crippen LogP contribution in [0.25, 0.3) is 0 Å². The van der Waals surface area contributed by atoms with E-state index in [-0.39, 0.29) is 23.9 Å². The third-order valence-corrected chi connectivity index (χ3v) is 2.89. The van der Waals surface area contributed by atoms with Crippen molar-refractivity contribution in [1.82, 2.24) is 15.6 Å². The molecule has 0 aliphatic carbocycles. The van der Waals surface area contributed by atoms with Crippen LogP contribution in [0.15, 0.2) is 18.3 Å². The third-order valence-electron chi connectivity index (χ3n) is 2.89. The van der Waals surface area contributed by atoms with Crippen LogP contribution in [0.3, 0.4) is 0 Å². The highest BCUT2D eigenvalue weighted by Gasteiger charge is 2.30. The number of nitrogens with zero attached hydrogens (tertiary/aromatic N) is 1. The number of ether oxygens (including phenoxy) is 1. The van der Waals surface area contributed by atoms with Gasteiger partial charge >= 0.3 is 0 Å². The number of pyridine rings is 1. The van der Waals surface area contributed by atoms with Crippen LogP contribution < -0.4 is 15.4 Å². The molecule has 0 aromatic carbocycles. The number of aromatic nitrogens is 1. The second-order valence-electron chi connectivity index (χ2n) is 4.44. The van der Waals surface area contributed by atoms with Gasteiger partial charge in [0.2, 0.25) is 0 Å². The van der Waals surface area contributed by atoms with Crippen LogP contribution in [0.5, 0.6) is 5.75 Å². The maximum Gasteiger partial charge on any atom is 0.269 e. The zero-order chi connectivity index (χ0) is 12.3. The Morgan fingerprint density at radius 1 is 1.56 bits per heavy atom. The van der Waals surface area contributed by atoms with Crippen molar-refractivity contribution in [2.45, 2.75) is 18.9 Å². The average Bonchev–Trinajstić information content (AvgIpc) is 2.76. The molecule has 0 saturated carbocycles. The largest absolute Gasteiger partial charge is 0.485 e. The molecule has 6 heteroatoms. The van der Waals surface area contributed by atoms with E-state index in [1.807, 2.05) is 0 Å². The number of amides is 1. The highest BCUT2D eigenvalue weighted by atomic mass is 35.5. The van der Waals surface area contributed by atoms with E-state index in [9.17, 15) is 4.79 Å². The Bertz CT molecular complexity index is 402. The van der Waals surface area contributed by atoms with E-state index in [4.69, 9.17) is 4.74 Å². The van der Waals surface area contributed by atoms with Gasteiger partial charge in [-0.25, -0.2) is 4.98 Å². The van der Waals surface area contributed by atoms with Crippen molar-refractivity contribution in [2.24, 2.45) is 0 Å². The second kappa shape index (κ2) is 6.02. The molecule has 1 aliphatic rings. The summed E-state index contributed by atoms with van der Waals surface area (Å²) in [5, 5.41) is 5.79. The molecule has 1 saturated heterocycles. The van der Waals surface area contributed by atoms with Crippen LogP contribution in [0.4, 0.5) is 0 Å². The number of carbonyl (C=O) groups is 1. The molecule has 1 fully saturated rings. The zero-order valence-corrected chi connectivity index (χ0v) is 11.3. The predicted molar refractivity (Wildman–Crippen MR) is 71.4 cm³/mol. The molecule has 1 amide bonds. The molecule has 2 rings (SSSR count). The normalized spacial score (nSPS) is 22.1. The molecule has 5 nitrogen and oxygen atoms in total. The smallest absolute Gasteiger partial charge is 0.269 e. The molecule has 2 heterocycles. The van der Waals surface area contributed by atoms with Crippen molar-refractivity contribution in [3.8, 4) is 5.75 Å². The molecule has 0 radical (unpaired) electrons. The van der Waals surface area contributed by atoms with Crippen LogP contribution in [0, 0.1) is 0 Å². The third kappa shape index (κ3) is 3.34. The first-order valence-corrected chi connectivity index (χ1v) is 5.71. The first-order chi connectivity index (χ1) is 8.13. The van der Waals surface area contributed by atoms with Gasteiger partial charge in [0.15, 0.2) is 0 Å². The van der Waals surface area contributed by atoms with Crippen molar-refractivity contribution < 1.29 is 9.53 Å². The SMILES string of the molecule is CNC(=O)c1ccc(O[C@]2(C)CCNC2)cn1.Cl. The van der Waals surface area contributed by atoms with Gasteiger partial charge in [0.05, 0.1) is 6.20 Å². The fraction of sp³-hybridized carbons (Fsp3) is 0.500. The van der Waals surface area contributed by atoms with Crippen molar-refractivity contribution in [3.05, 3.63) is 24.0 Å². The topological polar surface area (TPSA) is 63.2 Å². The summed E-state index contributed by atoms with van der Waals surface area (Å²) in [6.07, 6.45) is 2.57. The summed E-state index contributed by atoms with van der Waals surface area (Å²) in [5.74, 6) is 0.508. The van der Waals surface area contributed by atoms with E-state index in [0.29, 0.717) is 11.4 Å². The molecule has 1 aromatic rings. The Kier molecular flexibility index (Phi) is 4.93. The minimum Gasteiger partial charge on any atom is -0.485 e. The summed E-state index contributed by atoms with van der Waals surface area (Å²) in [7, 11) is 1.58. The van der Waals surface area contributed by atoms with Crippen LogP contribution in [0.1, 0.15) is 23.8 Å². The van der Waals surface area contributed by atoms with E-state index in [2.05, 4.69) is 22.5 Å². The fourth-order valence-corrected chi connectivity index (χ4v) is 1.87. The van der Waals surface area contributed by atoms with Gasteiger partial charge in [-0.3, -0.25) is 4.79 Å². The number of carbonyl (C=O) groups excluding carboxylic acids is 1. The minimum atomic E-state index is -0.190. The van der Waals surface area contributed by atoms with Crippen molar-refractivity contribution in [3.63, 3.8) is 0 Å². The zero-order valence-electron chi connectivity index (χ0n) is 10.5. The van der Waals surface area contributed by atoms with Gasteiger partial charge < -0.3 is 15.4 Å². The van der Waals surface area contributed by atoms with Crippen LogP contribution in [0.2, 0.25) is 0 Å². The summed E-state index contributed by atoms with van der Waals surface area (Å²) in [6, 6.07) is 3.45.